The first kappa shape index (κ1) is 27.7. The summed E-state index contributed by atoms with van der Waals surface area (Å²) < 4.78 is 4.11. The Morgan fingerprint density at radius 1 is 0.692 bits per heavy atom. The number of nitrogens with zero attached hydrogens (tertiary/aromatic N) is 6. The maximum absolute atomic E-state index is 12.1. The van der Waals surface area contributed by atoms with Gasteiger partial charge in [-0.15, -0.1) is 0 Å². The standard InChI is InChI=1S/C29H36N8O2/c1-3-36-24-16-12-10-14-22(24)32-26(36)20-30-34-28(38)18-8-6-5-7-9-19-29(39)35-31-21-27-33-23-15-11-13-17-25(23)37(27)4-2/h10-17,20-21H,3-9,18-19H2,1-2H3,(H,34,38)(H,35,39)/b30-20-,31-21+. The van der Waals surface area contributed by atoms with Crippen molar-refractivity contribution in [2.24, 2.45) is 10.2 Å². The summed E-state index contributed by atoms with van der Waals surface area (Å²) in [6.45, 7) is 5.65. The smallest absolute Gasteiger partial charge is 0.240 e. The van der Waals surface area contributed by atoms with Gasteiger partial charge >= 0.3 is 0 Å². The van der Waals surface area contributed by atoms with Gasteiger partial charge in [0.25, 0.3) is 0 Å². The summed E-state index contributed by atoms with van der Waals surface area (Å²) in [4.78, 5) is 33.3. The van der Waals surface area contributed by atoms with E-state index in [1.807, 2.05) is 48.5 Å². The molecular weight excluding hydrogens is 492 g/mol. The van der Waals surface area contributed by atoms with Crippen LogP contribution >= 0.6 is 0 Å². The van der Waals surface area contributed by atoms with E-state index in [1.54, 1.807) is 12.4 Å². The number of aromatic nitrogens is 4. The van der Waals surface area contributed by atoms with Crippen LogP contribution in [-0.4, -0.2) is 43.3 Å². The van der Waals surface area contributed by atoms with Crippen LogP contribution in [0.4, 0.5) is 0 Å². The van der Waals surface area contributed by atoms with Crippen molar-refractivity contribution < 1.29 is 9.59 Å². The summed E-state index contributed by atoms with van der Waals surface area (Å²) in [6, 6.07) is 15.8. The molecule has 4 aromatic rings. The number of para-hydroxylation sites is 4. The minimum Gasteiger partial charge on any atom is -0.323 e. The van der Waals surface area contributed by atoms with Gasteiger partial charge in [0.15, 0.2) is 11.6 Å². The van der Waals surface area contributed by atoms with Gasteiger partial charge in [0.05, 0.1) is 34.5 Å². The van der Waals surface area contributed by atoms with E-state index in [2.05, 4.69) is 54.0 Å². The molecule has 10 heteroatoms. The van der Waals surface area contributed by atoms with Crippen LogP contribution in [0.2, 0.25) is 0 Å². The number of hydrazone groups is 2. The van der Waals surface area contributed by atoms with Gasteiger partial charge in [-0.2, -0.15) is 10.2 Å². The van der Waals surface area contributed by atoms with Crippen molar-refractivity contribution in [2.45, 2.75) is 71.9 Å². The fourth-order valence-corrected chi connectivity index (χ4v) is 4.59. The zero-order valence-electron chi connectivity index (χ0n) is 22.6. The summed E-state index contributed by atoms with van der Waals surface area (Å²) in [5, 5.41) is 8.18. The highest BCUT2D eigenvalue weighted by molar-refractivity contribution is 5.87. The summed E-state index contributed by atoms with van der Waals surface area (Å²) >= 11 is 0. The maximum Gasteiger partial charge on any atom is 0.240 e. The van der Waals surface area contributed by atoms with Crippen LogP contribution in [0.5, 0.6) is 0 Å². The van der Waals surface area contributed by atoms with E-state index in [0.717, 1.165) is 78.9 Å². The molecule has 204 valence electrons. The van der Waals surface area contributed by atoms with E-state index in [-0.39, 0.29) is 11.8 Å². The van der Waals surface area contributed by atoms with Gasteiger partial charge in [-0.1, -0.05) is 43.5 Å². The maximum atomic E-state index is 12.1. The highest BCUT2D eigenvalue weighted by Crippen LogP contribution is 2.16. The molecule has 0 aliphatic carbocycles. The predicted octanol–water partition coefficient (Wildman–Crippen LogP) is 4.76. The average molecular weight is 529 g/mol. The zero-order valence-corrected chi connectivity index (χ0v) is 22.6. The summed E-state index contributed by atoms with van der Waals surface area (Å²) in [5.74, 6) is 1.21. The van der Waals surface area contributed by atoms with Gasteiger partial charge in [0, 0.05) is 25.9 Å². The number of unbranched alkanes of at least 4 members (excludes halogenated alkanes) is 4. The van der Waals surface area contributed by atoms with Crippen LogP contribution in [0.25, 0.3) is 22.1 Å². The van der Waals surface area contributed by atoms with Crippen molar-refractivity contribution in [1.82, 2.24) is 30.0 Å². The first-order chi connectivity index (χ1) is 19.1. The number of rotatable bonds is 14. The molecule has 2 aromatic heterocycles. The van der Waals surface area contributed by atoms with E-state index < -0.39 is 0 Å². The van der Waals surface area contributed by atoms with Crippen LogP contribution in [0, 0.1) is 0 Å². The fraction of sp³-hybridized carbons (Fsp3) is 0.379. The molecule has 2 amide bonds. The number of hydrogen-bond donors (Lipinski definition) is 2. The largest absolute Gasteiger partial charge is 0.323 e. The highest BCUT2D eigenvalue weighted by Gasteiger charge is 2.08. The second-order valence-electron chi connectivity index (χ2n) is 9.26. The Hall–Kier alpha value is -4.34. The number of hydrogen-bond acceptors (Lipinski definition) is 6. The number of carbonyl (C=O) groups excluding carboxylic acids is 2. The van der Waals surface area contributed by atoms with Crippen molar-refractivity contribution in [2.75, 3.05) is 0 Å². The normalized spacial score (nSPS) is 11.7. The van der Waals surface area contributed by atoms with E-state index >= 15 is 0 Å². The molecule has 0 saturated heterocycles. The molecule has 39 heavy (non-hydrogen) atoms. The van der Waals surface area contributed by atoms with Crippen LogP contribution in [0.1, 0.15) is 70.4 Å². The lowest BCUT2D eigenvalue weighted by Crippen LogP contribution is -2.17. The van der Waals surface area contributed by atoms with Gasteiger partial charge in [0.2, 0.25) is 11.8 Å². The Morgan fingerprint density at radius 3 is 1.54 bits per heavy atom. The molecule has 2 aromatic carbocycles. The molecular formula is C29H36N8O2. The monoisotopic (exact) mass is 528 g/mol. The van der Waals surface area contributed by atoms with E-state index in [4.69, 9.17) is 0 Å². The number of benzene rings is 2. The lowest BCUT2D eigenvalue weighted by atomic mass is 10.1. The SMILES string of the molecule is CCn1c(/C=N\NC(=O)CCCCCCCC(=O)N/N=C/c2nc3ccccc3n2CC)nc2ccccc21. The van der Waals surface area contributed by atoms with Gasteiger partial charge in [-0.05, 0) is 51.0 Å². The van der Waals surface area contributed by atoms with Crippen LogP contribution < -0.4 is 10.9 Å². The molecule has 10 nitrogen and oxygen atoms in total. The minimum atomic E-state index is -0.112. The molecule has 0 atom stereocenters. The molecule has 0 saturated carbocycles. The van der Waals surface area contributed by atoms with Gasteiger partial charge in [0.1, 0.15) is 0 Å². The molecule has 2 N–H and O–H groups in total. The second kappa shape index (κ2) is 14.0. The van der Waals surface area contributed by atoms with Crippen molar-refractivity contribution >= 4 is 46.3 Å². The lowest BCUT2D eigenvalue weighted by molar-refractivity contribution is -0.121. The van der Waals surface area contributed by atoms with Crippen LogP contribution in [0.15, 0.2) is 58.7 Å². The van der Waals surface area contributed by atoms with Gasteiger partial charge in [-0.3, -0.25) is 9.59 Å². The van der Waals surface area contributed by atoms with Crippen molar-refractivity contribution in [3.05, 3.63) is 60.2 Å². The topological polar surface area (TPSA) is 119 Å². The Balaban J connectivity index is 1.07. The second-order valence-corrected chi connectivity index (χ2v) is 9.26. The van der Waals surface area contributed by atoms with Crippen molar-refractivity contribution in [1.29, 1.82) is 0 Å². The summed E-state index contributed by atoms with van der Waals surface area (Å²) in [5.41, 5.74) is 9.10. The number of amides is 2. The first-order valence-electron chi connectivity index (χ1n) is 13.6. The van der Waals surface area contributed by atoms with Crippen molar-refractivity contribution in [3.63, 3.8) is 0 Å². The van der Waals surface area contributed by atoms with Crippen molar-refractivity contribution in [3.8, 4) is 0 Å². The summed E-state index contributed by atoms with van der Waals surface area (Å²) in [7, 11) is 0. The first-order valence-corrected chi connectivity index (χ1v) is 13.6. The Kier molecular flexibility index (Phi) is 9.93. The van der Waals surface area contributed by atoms with Gasteiger partial charge < -0.3 is 9.13 Å². The summed E-state index contributed by atoms with van der Waals surface area (Å²) in [6.07, 6.45) is 8.40. The van der Waals surface area contributed by atoms with Crippen LogP contribution in [-0.2, 0) is 22.7 Å². The zero-order chi connectivity index (χ0) is 27.5. The van der Waals surface area contributed by atoms with E-state index in [1.165, 1.54) is 0 Å². The van der Waals surface area contributed by atoms with Gasteiger partial charge in [-0.25, -0.2) is 20.8 Å². The fourth-order valence-electron chi connectivity index (χ4n) is 4.59. The molecule has 4 rings (SSSR count). The minimum absolute atomic E-state index is 0.112. The Labute approximate surface area is 228 Å². The Morgan fingerprint density at radius 2 is 1.10 bits per heavy atom. The molecule has 0 aliphatic heterocycles. The molecule has 0 fully saturated rings. The molecule has 0 aliphatic rings. The molecule has 0 unspecified atom stereocenters. The molecule has 0 radical (unpaired) electrons. The highest BCUT2D eigenvalue weighted by atomic mass is 16.2. The number of nitrogens with one attached hydrogen (secondary N) is 2. The van der Waals surface area contributed by atoms with E-state index in [9.17, 15) is 9.59 Å². The van der Waals surface area contributed by atoms with E-state index in [0.29, 0.717) is 12.8 Å². The molecule has 0 spiro atoms. The third kappa shape index (κ3) is 7.37. The lowest BCUT2D eigenvalue weighted by Gasteiger charge is -2.03. The quantitative estimate of drug-likeness (QED) is 0.139. The van der Waals surface area contributed by atoms with Crippen LogP contribution in [0.3, 0.4) is 0 Å². The number of aryl methyl sites for hydroxylation is 2. The number of carbonyl (C=O) groups is 2. The third-order valence-electron chi connectivity index (χ3n) is 6.55. The predicted molar refractivity (Wildman–Crippen MR) is 155 cm³/mol. The number of imidazole rings is 2. The molecule has 2 heterocycles. The number of fused-ring (bicyclic) bond motifs is 2. The average Bonchev–Trinajstić information content (AvgIpc) is 3.49. The Bertz CT molecular complexity index is 1360. The third-order valence-corrected chi connectivity index (χ3v) is 6.55. The molecule has 0 bridgehead atoms.